The Kier molecular flexibility index (Phi) is 5.03. The molecule has 0 saturated carbocycles. The third kappa shape index (κ3) is 3.59. The number of anilines is 1. The van der Waals surface area contributed by atoms with Crippen LogP contribution in [-0.4, -0.2) is 35.0 Å². The molecular weight excluding hydrogens is 352 g/mol. The molecule has 28 heavy (non-hydrogen) atoms. The van der Waals surface area contributed by atoms with E-state index >= 15 is 0 Å². The van der Waals surface area contributed by atoms with Crippen molar-refractivity contribution >= 4 is 22.7 Å². The molecule has 1 aliphatic heterocycles. The van der Waals surface area contributed by atoms with Crippen LogP contribution >= 0.6 is 0 Å². The first-order valence-electron chi connectivity index (χ1n) is 9.80. The molecule has 0 bridgehead atoms. The summed E-state index contributed by atoms with van der Waals surface area (Å²) in [6.45, 7) is 7.92. The molecule has 0 aliphatic carbocycles. The fraction of sp³-hybridized carbons (Fsp3) is 0.409. The van der Waals surface area contributed by atoms with Gasteiger partial charge in [0, 0.05) is 42.5 Å². The summed E-state index contributed by atoms with van der Waals surface area (Å²) in [6, 6.07) is 2.28. The number of hydrogen-bond acceptors (Lipinski definition) is 5. The average Bonchev–Trinajstić information content (AvgIpc) is 3.11. The van der Waals surface area contributed by atoms with Gasteiger partial charge in [0.05, 0.1) is 18.9 Å². The molecule has 1 amide bonds. The Morgan fingerprint density at radius 2 is 2.14 bits per heavy atom. The molecule has 0 radical (unpaired) electrons. The fourth-order valence-electron chi connectivity index (χ4n) is 4.13. The smallest absolute Gasteiger partial charge is 0.224 e. The van der Waals surface area contributed by atoms with Gasteiger partial charge in [0.25, 0.3) is 0 Å². The number of nitrogens with one attached hydrogen (secondary N) is 1. The number of aromatic nitrogens is 2. The molecule has 1 aliphatic rings. The van der Waals surface area contributed by atoms with E-state index in [1.165, 1.54) is 5.56 Å². The van der Waals surface area contributed by atoms with Gasteiger partial charge in [-0.2, -0.15) is 0 Å². The van der Waals surface area contributed by atoms with Crippen molar-refractivity contribution in [1.29, 1.82) is 0 Å². The molecule has 1 aromatic carbocycles. The monoisotopic (exact) mass is 378 g/mol. The van der Waals surface area contributed by atoms with E-state index in [9.17, 15) is 4.79 Å². The van der Waals surface area contributed by atoms with Crippen LogP contribution in [0.5, 0.6) is 0 Å². The number of rotatable bonds is 4. The topological polar surface area (TPSA) is 71.3 Å². The van der Waals surface area contributed by atoms with Crippen LogP contribution in [0.4, 0.5) is 5.82 Å². The minimum absolute atomic E-state index is 0.0336. The number of hydrogen-bond donors (Lipinski definition) is 1. The van der Waals surface area contributed by atoms with Gasteiger partial charge in [-0.1, -0.05) is 6.07 Å². The zero-order valence-electron chi connectivity index (χ0n) is 16.7. The van der Waals surface area contributed by atoms with Crippen molar-refractivity contribution in [2.24, 2.45) is 0 Å². The zero-order valence-corrected chi connectivity index (χ0v) is 16.7. The summed E-state index contributed by atoms with van der Waals surface area (Å²) >= 11 is 0. The van der Waals surface area contributed by atoms with Crippen LogP contribution in [0, 0.1) is 20.8 Å². The van der Waals surface area contributed by atoms with Crippen LogP contribution in [0.3, 0.4) is 0 Å². The maximum atomic E-state index is 12.7. The molecule has 0 unspecified atom stereocenters. The summed E-state index contributed by atoms with van der Waals surface area (Å²) in [5.41, 5.74) is 5.35. The highest BCUT2D eigenvalue weighted by molar-refractivity contribution is 5.92. The normalized spacial score (nSPS) is 17.1. The van der Waals surface area contributed by atoms with Gasteiger partial charge in [-0.3, -0.25) is 9.78 Å². The number of furan rings is 1. The van der Waals surface area contributed by atoms with E-state index < -0.39 is 0 Å². The zero-order chi connectivity index (χ0) is 19.7. The molecule has 1 saturated heterocycles. The molecule has 1 atom stereocenters. The highest BCUT2D eigenvalue weighted by atomic mass is 16.3. The van der Waals surface area contributed by atoms with E-state index in [4.69, 9.17) is 4.42 Å². The lowest BCUT2D eigenvalue weighted by Gasteiger charge is -2.33. The van der Waals surface area contributed by atoms with Crippen molar-refractivity contribution in [3.8, 4) is 0 Å². The summed E-state index contributed by atoms with van der Waals surface area (Å²) < 4.78 is 5.80. The quantitative estimate of drug-likeness (QED) is 0.753. The van der Waals surface area contributed by atoms with Gasteiger partial charge in [-0.15, -0.1) is 0 Å². The highest BCUT2D eigenvalue weighted by Crippen LogP contribution is 2.30. The van der Waals surface area contributed by atoms with E-state index in [1.54, 1.807) is 24.9 Å². The SMILES string of the molecule is Cc1cc(C)c2c(CC(=O)N[C@H]3CCCN(c4cnccn4)C3)coc2c1C. The Morgan fingerprint density at radius 1 is 1.29 bits per heavy atom. The standard InChI is InChI=1S/C22H26N4O2/c1-14-9-15(2)21-17(13-28-22(21)16(14)3)10-20(27)25-18-5-4-8-26(12-18)19-11-23-6-7-24-19/h6-7,9,11,13,18H,4-5,8,10,12H2,1-3H3,(H,25,27)/t18-/m0/s1. The Balaban J connectivity index is 1.45. The van der Waals surface area contributed by atoms with Gasteiger partial charge >= 0.3 is 0 Å². The largest absolute Gasteiger partial charge is 0.464 e. The second-order valence-electron chi connectivity index (χ2n) is 7.69. The van der Waals surface area contributed by atoms with Gasteiger partial charge in [0.2, 0.25) is 5.91 Å². The van der Waals surface area contributed by atoms with Crippen LogP contribution in [0.25, 0.3) is 11.0 Å². The van der Waals surface area contributed by atoms with E-state index in [0.29, 0.717) is 6.42 Å². The van der Waals surface area contributed by atoms with Crippen LogP contribution in [0.15, 0.2) is 35.3 Å². The van der Waals surface area contributed by atoms with E-state index in [1.807, 2.05) is 0 Å². The van der Waals surface area contributed by atoms with Crippen LogP contribution in [0.2, 0.25) is 0 Å². The first kappa shape index (κ1) is 18.5. The Hall–Kier alpha value is -2.89. The van der Waals surface area contributed by atoms with E-state index in [0.717, 1.165) is 59.4 Å². The van der Waals surface area contributed by atoms with Gasteiger partial charge < -0.3 is 14.6 Å². The first-order valence-corrected chi connectivity index (χ1v) is 9.80. The Morgan fingerprint density at radius 3 is 2.93 bits per heavy atom. The van der Waals surface area contributed by atoms with Crippen molar-refractivity contribution < 1.29 is 9.21 Å². The summed E-state index contributed by atoms with van der Waals surface area (Å²) in [7, 11) is 0. The highest BCUT2D eigenvalue weighted by Gasteiger charge is 2.23. The van der Waals surface area contributed by atoms with Crippen LogP contribution in [-0.2, 0) is 11.2 Å². The lowest BCUT2D eigenvalue weighted by Crippen LogP contribution is -2.48. The van der Waals surface area contributed by atoms with Crippen molar-refractivity contribution in [3.63, 3.8) is 0 Å². The van der Waals surface area contributed by atoms with Gasteiger partial charge in [-0.25, -0.2) is 4.98 Å². The van der Waals surface area contributed by atoms with Crippen LogP contribution < -0.4 is 10.2 Å². The maximum absolute atomic E-state index is 12.7. The molecule has 6 heteroatoms. The third-order valence-corrected chi connectivity index (χ3v) is 5.64. The molecular formula is C22H26N4O2. The minimum Gasteiger partial charge on any atom is -0.464 e. The second-order valence-corrected chi connectivity index (χ2v) is 7.69. The van der Waals surface area contributed by atoms with Crippen LogP contribution in [0.1, 0.15) is 35.1 Å². The number of benzene rings is 1. The molecule has 6 nitrogen and oxygen atoms in total. The van der Waals surface area contributed by atoms with Crippen molar-refractivity contribution in [2.75, 3.05) is 18.0 Å². The van der Waals surface area contributed by atoms with Gasteiger partial charge in [0.15, 0.2) is 0 Å². The number of piperidine rings is 1. The summed E-state index contributed by atoms with van der Waals surface area (Å²) in [5, 5.41) is 4.27. The molecule has 4 rings (SSSR count). The predicted octanol–water partition coefficient (Wildman–Crippen LogP) is 3.48. The lowest BCUT2D eigenvalue weighted by molar-refractivity contribution is -0.121. The van der Waals surface area contributed by atoms with Gasteiger partial charge in [0.1, 0.15) is 11.4 Å². The second kappa shape index (κ2) is 7.62. The number of amides is 1. The van der Waals surface area contributed by atoms with Crippen molar-refractivity contribution in [2.45, 2.75) is 46.1 Å². The maximum Gasteiger partial charge on any atom is 0.224 e. The third-order valence-electron chi connectivity index (χ3n) is 5.64. The predicted molar refractivity (Wildman–Crippen MR) is 110 cm³/mol. The lowest BCUT2D eigenvalue weighted by atomic mass is 9.98. The first-order chi connectivity index (χ1) is 13.5. The molecule has 1 N–H and O–H groups in total. The summed E-state index contributed by atoms with van der Waals surface area (Å²) in [6.07, 6.45) is 9.21. The molecule has 2 aromatic heterocycles. The number of aryl methyl sites for hydroxylation is 3. The molecule has 1 fully saturated rings. The Labute approximate surface area is 165 Å². The van der Waals surface area contributed by atoms with Crippen molar-refractivity contribution in [1.82, 2.24) is 15.3 Å². The van der Waals surface area contributed by atoms with Crippen molar-refractivity contribution in [3.05, 3.63) is 53.2 Å². The summed E-state index contributed by atoms with van der Waals surface area (Å²) in [4.78, 5) is 23.4. The fourth-order valence-corrected chi connectivity index (χ4v) is 4.13. The number of carbonyl (C=O) groups excluding carboxylic acids is 1. The number of nitrogens with zero attached hydrogens (tertiary/aromatic N) is 3. The number of carbonyl (C=O) groups is 1. The molecule has 0 spiro atoms. The van der Waals surface area contributed by atoms with Gasteiger partial charge in [-0.05, 0) is 50.3 Å². The minimum atomic E-state index is 0.0336. The van der Waals surface area contributed by atoms with E-state index in [-0.39, 0.29) is 11.9 Å². The number of fused-ring (bicyclic) bond motifs is 1. The molecule has 3 aromatic rings. The summed E-state index contributed by atoms with van der Waals surface area (Å²) in [5.74, 6) is 0.898. The molecule has 146 valence electrons. The average molecular weight is 378 g/mol. The Bertz CT molecular complexity index is 997. The van der Waals surface area contributed by atoms with E-state index in [2.05, 4.69) is 47.0 Å². The molecule has 3 heterocycles.